The van der Waals surface area contributed by atoms with E-state index in [1.165, 1.54) is 11.1 Å². The molecule has 132 valence electrons. The van der Waals surface area contributed by atoms with Crippen molar-refractivity contribution in [2.45, 2.75) is 39.2 Å². The molecule has 1 heterocycles. The summed E-state index contributed by atoms with van der Waals surface area (Å²) in [6, 6.07) is 14.3. The SMILES string of the molecule is CC(C)(C)OC(=O)N1CCc2ccc(Cl)c(-c3ccccc3)c2CC1. The van der Waals surface area contributed by atoms with E-state index in [2.05, 4.69) is 18.2 Å². The monoisotopic (exact) mass is 357 g/mol. The number of hydrogen-bond acceptors (Lipinski definition) is 2. The summed E-state index contributed by atoms with van der Waals surface area (Å²) in [7, 11) is 0. The molecule has 3 nitrogen and oxygen atoms in total. The molecule has 2 aromatic carbocycles. The minimum Gasteiger partial charge on any atom is -0.444 e. The van der Waals surface area contributed by atoms with Gasteiger partial charge in [0.1, 0.15) is 5.60 Å². The Hall–Kier alpha value is -2.00. The van der Waals surface area contributed by atoms with E-state index in [1.54, 1.807) is 4.90 Å². The largest absolute Gasteiger partial charge is 0.444 e. The Bertz CT molecular complexity index is 765. The van der Waals surface area contributed by atoms with Gasteiger partial charge < -0.3 is 9.64 Å². The second-order valence-electron chi connectivity index (χ2n) is 7.39. The van der Waals surface area contributed by atoms with E-state index >= 15 is 0 Å². The summed E-state index contributed by atoms with van der Waals surface area (Å²) < 4.78 is 5.53. The van der Waals surface area contributed by atoms with Crippen molar-refractivity contribution in [3.8, 4) is 11.1 Å². The first-order valence-electron chi connectivity index (χ1n) is 8.69. The number of benzene rings is 2. The molecule has 2 aromatic rings. The highest BCUT2D eigenvalue weighted by Crippen LogP contribution is 2.35. The molecule has 0 unspecified atom stereocenters. The number of carbonyl (C=O) groups is 1. The van der Waals surface area contributed by atoms with Gasteiger partial charge in [0.25, 0.3) is 0 Å². The predicted octanol–water partition coefficient (Wildman–Crippen LogP) is 5.34. The molecule has 0 saturated carbocycles. The van der Waals surface area contributed by atoms with Gasteiger partial charge in [-0.2, -0.15) is 0 Å². The van der Waals surface area contributed by atoms with Crippen LogP contribution in [0.3, 0.4) is 0 Å². The van der Waals surface area contributed by atoms with Gasteiger partial charge in [-0.1, -0.05) is 48.0 Å². The summed E-state index contributed by atoms with van der Waals surface area (Å²) in [5.41, 5.74) is 4.23. The average molecular weight is 358 g/mol. The van der Waals surface area contributed by atoms with Crippen LogP contribution in [0.15, 0.2) is 42.5 Å². The van der Waals surface area contributed by atoms with Gasteiger partial charge in [0, 0.05) is 23.7 Å². The second kappa shape index (κ2) is 7.09. The first-order valence-corrected chi connectivity index (χ1v) is 9.06. The fraction of sp³-hybridized carbons (Fsp3) is 0.381. The molecule has 0 aliphatic carbocycles. The van der Waals surface area contributed by atoms with Gasteiger partial charge in [-0.05, 0) is 56.4 Å². The maximum atomic E-state index is 12.4. The van der Waals surface area contributed by atoms with Crippen LogP contribution in [0.5, 0.6) is 0 Å². The lowest BCUT2D eigenvalue weighted by atomic mass is 9.92. The summed E-state index contributed by atoms with van der Waals surface area (Å²) in [5.74, 6) is 0. The number of ether oxygens (including phenoxy) is 1. The minimum absolute atomic E-state index is 0.243. The average Bonchev–Trinajstić information content (AvgIpc) is 2.76. The number of carbonyl (C=O) groups excluding carboxylic acids is 1. The lowest BCUT2D eigenvalue weighted by Crippen LogP contribution is -2.38. The van der Waals surface area contributed by atoms with Crippen LogP contribution < -0.4 is 0 Å². The molecular formula is C21H24ClNO2. The Morgan fingerprint density at radius 1 is 1.04 bits per heavy atom. The lowest BCUT2D eigenvalue weighted by molar-refractivity contribution is 0.0258. The highest BCUT2D eigenvalue weighted by Gasteiger charge is 2.25. The van der Waals surface area contributed by atoms with Crippen molar-refractivity contribution < 1.29 is 9.53 Å². The molecule has 0 radical (unpaired) electrons. The van der Waals surface area contributed by atoms with E-state index in [0.29, 0.717) is 13.1 Å². The number of halogens is 1. The van der Waals surface area contributed by atoms with E-state index < -0.39 is 5.60 Å². The smallest absolute Gasteiger partial charge is 0.410 e. The Morgan fingerprint density at radius 2 is 1.72 bits per heavy atom. The van der Waals surface area contributed by atoms with Gasteiger partial charge >= 0.3 is 6.09 Å². The van der Waals surface area contributed by atoms with Crippen molar-refractivity contribution in [2.24, 2.45) is 0 Å². The maximum Gasteiger partial charge on any atom is 0.410 e. The Morgan fingerprint density at radius 3 is 2.40 bits per heavy atom. The van der Waals surface area contributed by atoms with Crippen molar-refractivity contribution in [3.63, 3.8) is 0 Å². The molecular weight excluding hydrogens is 334 g/mol. The van der Waals surface area contributed by atoms with Crippen LogP contribution >= 0.6 is 11.6 Å². The standard InChI is InChI=1S/C21H24ClNO2/c1-21(2,3)25-20(24)23-13-11-15-9-10-18(22)19(17(15)12-14-23)16-7-5-4-6-8-16/h4-10H,11-14H2,1-3H3. The van der Waals surface area contributed by atoms with E-state index in [-0.39, 0.29) is 6.09 Å². The molecule has 1 amide bonds. The van der Waals surface area contributed by atoms with Crippen LogP contribution in [-0.4, -0.2) is 29.7 Å². The van der Waals surface area contributed by atoms with E-state index in [1.807, 2.05) is 45.0 Å². The minimum atomic E-state index is -0.477. The topological polar surface area (TPSA) is 29.5 Å². The van der Waals surface area contributed by atoms with Crippen LogP contribution in [0.4, 0.5) is 4.79 Å². The van der Waals surface area contributed by atoms with Gasteiger partial charge in [0.2, 0.25) is 0 Å². The van der Waals surface area contributed by atoms with Gasteiger partial charge in [-0.15, -0.1) is 0 Å². The lowest BCUT2D eigenvalue weighted by Gasteiger charge is -2.26. The zero-order chi connectivity index (χ0) is 18.0. The van der Waals surface area contributed by atoms with Crippen molar-refractivity contribution in [3.05, 3.63) is 58.6 Å². The van der Waals surface area contributed by atoms with E-state index in [9.17, 15) is 4.79 Å². The molecule has 0 bridgehead atoms. The van der Waals surface area contributed by atoms with Crippen molar-refractivity contribution in [1.82, 2.24) is 4.90 Å². The number of amides is 1. The molecule has 0 saturated heterocycles. The summed E-state index contributed by atoms with van der Waals surface area (Å²) >= 11 is 6.53. The molecule has 4 heteroatoms. The number of rotatable bonds is 1. The number of fused-ring (bicyclic) bond motifs is 1. The second-order valence-corrected chi connectivity index (χ2v) is 7.80. The van der Waals surface area contributed by atoms with Crippen molar-refractivity contribution in [1.29, 1.82) is 0 Å². The van der Waals surface area contributed by atoms with E-state index in [4.69, 9.17) is 16.3 Å². The van der Waals surface area contributed by atoms with Gasteiger partial charge in [0.15, 0.2) is 0 Å². The molecule has 0 atom stereocenters. The first kappa shape index (κ1) is 17.8. The highest BCUT2D eigenvalue weighted by molar-refractivity contribution is 6.33. The maximum absolute atomic E-state index is 12.4. The van der Waals surface area contributed by atoms with Crippen LogP contribution in [-0.2, 0) is 17.6 Å². The summed E-state index contributed by atoms with van der Waals surface area (Å²) in [6.07, 6.45) is 1.35. The summed E-state index contributed by atoms with van der Waals surface area (Å²) in [5, 5.41) is 0.760. The molecule has 25 heavy (non-hydrogen) atoms. The Balaban J connectivity index is 1.89. The summed E-state index contributed by atoms with van der Waals surface area (Å²) in [6.45, 7) is 6.99. The van der Waals surface area contributed by atoms with Gasteiger partial charge in [-0.25, -0.2) is 4.79 Å². The molecule has 0 N–H and O–H groups in total. The molecule has 0 spiro atoms. The molecule has 1 aliphatic rings. The zero-order valence-corrected chi connectivity index (χ0v) is 15.8. The Labute approximate surface area is 154 Å². The van der Waals surface area contributed by atoms with Crippen LogP contribution in [0, 0.1) is 0 Å². The normalized spacial score (nSPS) is 14.6. The third-order valence-corrected chi connectivity index (χ3v) is 4.67. The quantitative estimate of drug-likeness (QED) is 0.689. The fourth-order valence-corrected chi connectivity index (χ4v) is 3.51. The van der Waals surface area contributed by atoms with Crippen molar-refractivity contribution in [2.75, 3.05) is 13.1 Å². The third kappa shape index (κ3) is 4.16. The zero-order valence-electron chi connectivity index (χ0n) is 15.0. The van der Waals surface area contributed by atoms with Crippen molar-refractivity contribution >= 4 is 17.7 Å². The molecule has 0 aromatic heterocycles. The van der Waals surface area contributed by atoms with Crippen LogP contribution in [0.1, 0.15) is 31.9 Å². The van der Waals surface area contributed by atoms with Crippen LogP contribution in [0.2, 0.25) is 5.02 Å². The fourth-order valence-electron chi connectivity index (χ4n) is 3.22. The summed E-state index contributed by atoms with van der Waals surface area (Å²) in [4.78, 5) is 14.2. The van der Waals surface area contributed by atoms with E-state index in [0.717, 1.165) is 29.0 Å². The first-order chi connectivity index (χ1) is 11.8. The third-order valence-electron chi connectivity index (χ3n) is 4.36. The molecule has 0 fully saturated rings. The Kier molecular flexibility index (Phi) is 5.05. The van der Waals surface area contributed by atoms with Gasteiger partial charge in [-0.3, -0.25) is 0 Å². The van der Waals surface area contributed by atoms with Gasteiger partial charge in [0.05, 0.1) is 0 Å². The highest BCUT2D eigenvalue weighted by atomic mass is 35.5. The number of nitrogens with zero attached hydrogens (tertiary/aromatic N) is 1. The van der Waals surface area contributed by atoms with Crippen LogP contribution in [0.25, 0.3) is 11.1 Å². The number of hydrogen-bond donors (Lipinski definition) is 0. The molecule has 3 rings (SSSR count). The predicted molar refractivity (Wildman–Crippen MR) is 102 cm³/mol. The molecule has 1 aliphatic heterocycles.